The molecule has 1 aromatic heterocycles. The van der Waals surface area contributed by atoms with Crippen molar-refractivity contribution in [1.82, 2.24) is 10.3 Å². The van der Waals surface area contributed by atoms with E-state index in [-0.39, 0.29) is 10.6 Å². The Morgan fingerprint density at radius 3 is 2.60 bits per heavy atom. The molecule has 0 aromatic carbocycles. The number of halogens is 3. The van der Waals surface area contributed by atoms with E-state index in [1.807, 2.05) is 5.32 Å². The number of rotatable bonds is 1. The van der Waals surface area contributed by atoms with Crippen LogP contribution in [0.4, 0.5) is 23.7 Å². The van der Waals surface area contributed by atoms with Crippen LogP contribution < -0.4 is 10.2 Å². The van der Waals surface area contributed by atoms with Crippen molar-refractivity contribution < 1.29 is 18.0 Å². The Labute approximate surface area is 83.7 Å². The van der Waals surface area contributed by atoms with Crippen molar-refractivity contribution in [2.24, 2.45) is 0 Å². The summed E-state index contributed by atoms with van der Waals surface area (Å²) in [6, 6.07) is 1.21. The van der Waals surface area contributed by atoms with Gasteiger partial charge in [-0.15, -0.1) is 13.2 Å². The highest BCUT2D eigenvalue weighted by Gasteiger charge is 2.42. The van der Waals surface area contributed by atoms with E-state index < -0.39 is 12.3 Å². The Morgan fingerprint density at radius 1 is 1.53 bits per heavy atom. The molecule has 0 aliphatic heterocycles. The van der Waals surface area contributed by atoms with E-state index in [9.17, 15) is 18.0 Å². The highest BCUT2D eigenvalue weighted by molar-refractivity contribution is 5.92. The maximum atomic E-state index is 12.5. The smallest absolute Gasteiger partial charge is 0.341 e. The number of anilines is 1. The Balaban J connectivity index is 3.08. The number of aromatic nitrogens is 1. The number of pyridine rings is 1. The van der Waals surface area contributed by atoms with Crippen LogP contribution in [-0.4, -0.2) is 24.4 Å². The van der Waals surface area contributed by atoms with Crippen LogP contribution in [0.5, 0.6) is 0 Å². The second kappa shape index (κ2) is 4.16. The number of nitrogens with one attached hydrogen (secondary N) is 1. The summed E-state index contributed by atoms with van der Waals surface area (Å²) in [7, 11) is 1.12. The van der Waals surface area contributed by atoms with E-state index in [0.29, 0.717) is 0 Å². The molecule has 2 amide bonds. The minimum Gasteiger partial charge on any atom is -0.341 e. The molecule has 0 radical (unpaired) electrons. The van der Waals surface area contributed by atoms with E-state index in [4.69, 9.17) is 0 Å². The van der Waals surface area contributed by atoms with Crippen molar-refractivity contribution in [1.29, 1.82) is 0 Å². The molecule has 4 nitrogen and oxygen atoms in total. The highest BCUT2D eigenvalue weighted by Crippen LogP contribution is 2.27. The fourth-order valence-electron chi connectivity index (χ4n) is 0.977. The fourth-order valence-corrected chi connectivity index (χ4v) is 0.977. The maximum absolute atomic E-state index is 12.5. The summed E-state index contributed by atoms with van der Waals surface area (Å²) in [5.74, 6) is 0. The van der Waals surface area contributed by atoms with Crippen molar-refractivity contribution in [2.75, 3.05) is 11.9 Å². The standard InChI is InChI=1S/C8H8F3N3O/c1-12-7(15)14(8(9,10)11)6-3-2-4-13-5-6/h2-5H,1H3,(H,12,15). The molecule has 0 saturated carbocycles. The van der Waals surface area contributed by atoms with E-state index in [2.05, 4.69) is 4.98 Å². The maximum Gasteiger partial charge on any atom is 0.493 e. The van der Waals surface area contributed by atoms with Crippen molar-refractivity contribution >= 4 is 11.7 Å². The monoisotopic (exact) mass is 219 g/mol. The third kappa shape index (κ3) is 2.58. The molecular weight excluding hydrogens is 211 g/mol. The lowest BCUT2D eigenvalue weighted by Gasteiger charge is -2.23. The molecule has 0 fully saturated rings. The normalized spacial score (nSPS) is 10.9. The fraction of sp³-hybridized carbons (Fsp3) is 0.250. The lowest BCUT2D eigenvalue weighted by atomic mass is 10.4. The van der Waals surface area contributed by atoms with Crippen molar-refractivity contribution in [3.63, 3.8) is 0 Å². The van der Waals surface area contributed by atoms with Crippen LogP contribution >= 0.6 is 0 Å². The Hall–Kier alpha value is -1.79. The number of urea groups is 1. The zero-order valence-electron chi connectivity index (χ0n) is 7.75. The molecule has 15 heavy (non-hydrogen) atoms. The lowest BCUT2D eigenvalue weighted by molar-refractivity contribution is -0.121. The average Bonchev–Trinajstić information content (AvgIpc) is 2.17. The summed E-state index contributed by atoms with van der Waals surface area (Å²) in [5, 5.41) is 1.91. The van der Waals surface area contributed by atoms with Crippen LogP contribution in [0.2, 0.25) is 0 Å². The zero-order chi connectivity index (χ0) is 11.5. The minimum atomic E-state index is -4.77. The van der Waals surface area contributed by atoms with Gasteiger partial charge >= 0.3 is 12.3 Å². The summed E-state index contributed by atoms with van der Waals surface area (Å²) in [5.41, 5.74) is -0.329. The Bertz CT molecular complexity index is 339. The third-order valence-electron chi connectivity index (χ3n) is 1.57. The van der Waals surface area contributed by atoms with Gasteiger partial charge in [0.1, 0.15) is 0 Å². The second-order valence-electron chi connectivity index (χ2n) is 2.57. The predicted octanol–water partition coefficient (Wildman–Crippen LogP) is 1.75. The van der Waals surface area contributed by atoms with Gasteiger partial charge in [0.05, 0.1) is 11.9 Å². The van der Waals surface area contributed by atoms with Crippen molar-refractivity contribution in [3.05, 3.63) is 24.5 Å². The van der Waals surface area contributed by atoms with Gasteiger partial charge in [-0.05, 0) is 12.1 Å². The molecule has 0 aliphatic carbocycles. The van der Waals surface area contributed by atoms with Gasteiger partial charge < -0.3 is 5.32 Å². The largest absolute Gasteiger partial charge is 0.493 e. The summed E-state index contributed by atoms with van der Waals surface area (Å²) in [6.45, 7) is 0. The topological polar surface area (TPSA) is 45.2 Å². The van der Waals surface area contributed by atoms with Gasteiger partial charge in [-0.3, -0.25) is 4.98 Å². The van der Waals surface area contributed by atoms with Gasteiger partial charge in [-0.1, -0.05) is 0 Å². The number of hydrogen-bond donors (Lipinski definition) is 1. The van der Waals surface area contributed by atoms with E-state index in [1.54, 1.807) is 0 Å². The van der Waals surface area contributed by atoms with Crippen LogP contribution in [0.1, 0.15) is 0 Å². The van der Waals surface area contributed by atoms with E-state index in [1.165, 1.54) is 12.3 Å². The minimum absolute atomic E-state index is 0.319. The summed E-state index contributed by atoms with van der Waals surface area (Å²) in [4.78, 5) is 14.2. The molecule has 0 spiro atoms. The van der Waals surface area contributed by atoms with Gasteiger partial charge in [0.25, 0.3) is 0 Å². The SMILES string of the molecule is CNC(=O)N(c1cccnc1)C(F)(F)F. The van der Waals surface area contributed by atoms with Crippen LogP contribution in [0.3, 0.4) is 0 Å². The van der Waals surface area contributed by atoms with Crippen molar-refractivity contribution in [3.8, 4) is 0 Å². The molecule has 0 unspecified atom stereocenters. The Morgan fingerprint density at radius 2 is 2.20 bits per heavy atom. The highest BCUT2D eigenvalue weighted by atomic mass is 19.4. The zero-order valence-corrected chi connectivity index (χ0v) is 7.75. The first-order chi connectivity index (χ1) is 6.96. The first-order valence-electron chi connectivity index (χ1n) is 3.95. The number of nitrogens with zero attached hydrogens (tertiary/aromatic N) is 2. The first kappa shape index (κ1) is 11.3. The molecule has 7 heteroatoms. The number of hydrogen-bond acceptors (Lipinski definition) is 2. The van der Waals surface area contributed by atoms with Gasteiger partial charge in [-0.2, -0.15) is 0 Å². The molecule has 1 heterocycles. The molecule has 1 N–H and O–H groups in total. The number of alkyl halides is 3. The second-order valence-corrected chi connectivity index (χ2v) is 2.57. The summed E-state index contributed by atoms with van der Waals surface area (Å²) >= 11 is 0. The van der Waals surface area contributed by atoms with Crippen LogP contribution in [-0.2, 0) is 0 Å². The number of carbonyl (C=O) groups excluding carboxylic acids is 1. The molecule has 0 bridgehead atoms. The summed E-state index contributed by atoms with van der Waals surface area (Å²) < 4.78 is 37.4. The van der Waals surface area contributed by atoms with E-state index >= 15 is 0 Å². The van der Waals surface area contributed by atoms with Crippen LogP contribution in [0.15, 0.2) is 24.5 Å². The molecule has 0 atom stereocenters. The third-order valence-corrected chi connectivity index (χ3v) is 1.57. The van der Waals surface area contributed by atoms with E-state index in [0.717, 1.165) is 19.3 Å². The van der Waals surface area contributed by atoms with Gasteiger partial charge in [0.2, 0.25) is 0 Å². The van der Waals surface area contributed by atoms with Gasteiger partial charge in [0.15, 0.2) is 0 Å². The first-order valence-corrected chi connectivity index (χ1v) is 3.95. The molecule has 82 valence electrons. The predicted molar refractivity (Wildman–Crippen MR) is 47.2 cm³/mol. The quantitative estimate of drug-likeness (QED) is 0.731. The lowest BCUT2D eigenvalue weighted by Crippen LogP contribution is -2.47. The van der Waals surface area contributed by atoms with Crippen molar-refractivity contribution in [2.45, 2.75) is 6.30 Å². The Kier molecular flexibility index (Phi) is 3.13. The molecular formula is C8H8F3N3O. The summed E-state index contributed by atoms with van der Waals surface area (Å²) in [6.07, 6.45) is -2.49. The van der Waals surface area contributed by atoms with Crippen LogP contribution in [0, 0.1) is 0 Å². The van der Waals surface area contributed by atoms with Gasteiger partial charge in [-0.25, -0.2) is 9.69 Å². The van der Waals surface area contributed by atoms with Gasteiger partial charge in [0, 0.05) is 13.2 Å². The number of amides is 2. The van der Waals surface area contributed by atoms with Crippen LogP contribution in [0.25, 0.3) is 0 Å². The number of carbonyl (C=O) groups is 1. The molecule has 1 rings (SSSR count). The average molecular weight is 219 g/mol. The molecule has 0 saturated heterocycles. The molecule has 1 aromatic rings. The molecule has 0 aliphatic rings.